The first-order valence-electron chi connectivity index (χ1n) is 8.92. The van der Waals surface area contributed by atoms with Gasteiger partial charge in [-0.2, -0.15) is 0 Å². The smallest absolute Gasteiger partial charge is 0.220 e. The molecule has 0 saturated carbocycles. The minimum absolute atomic E-state index is 0.0166. The zero-order chi connectivity index (χ0) is 18.5. The SMILES string of the molecule is CCC(=O)N[C@H](c1nccs1)[C@H]1CCCN(Cc2ccc(F)c(F)c2)C1. The summed E-state index contributed by atoms with van der Waals surface area (Å²) >= 11 is 1.55. The third-order valence-corrected chi connectivity index (χ3v) is 5.62. The van der Waals surface area contributed by atoms with E-state index in [0.29, 0.717) is 13.0 Å². The minimum Gasteiger partial charge on any atom is -0.347 e. The van der Waals surface area contributed by atoms with Gasteiger partial charge >= 0.3 is 0 Å². The molecule has 2 atom stereocenters. The van der Waals surface area contributed by atoms with Crippen molar-refractivity contribution >= 4 is 17.2 Å². The van der Waals surface area contributed by atoms with Gasteiger partial charge in [0, 0.05) is 31.1 Å². The molecule has 0 spiro atoms. The molecule has 1 amide bonds. The van der Waals surface area contributed by atoms with E-state index < -0.39 is 11.6 Å². The van der Waals surface area contributed by atoms with Crippen LogP contribution in [0.3, 0.4) is 0 Å². The van der Waals surface area contributed by atoms with E-state index in [0.717, 1.165) is 36.5 Å². The first-order chi connectivity index (χ1) is 12.6. The molecule has 1 aromatic heterocycles. The lowest BCUT2D eigenvalue weighted by atomic mass is 9.90. The quantitative estimate of drug-likeness (QED) is 0.828. The lowest BCUT2D eigenvalue weighted by Gasteiger charge is -2.36. The van der Waals surface area contributed by atoms with Gasteiger partial charge in [-0.3, -0.25) is 9.69 Å². The number of hydrogen-bond donors (Lipinski definition) is 1. The van der Waals surface area contributed by atoms with E-state index >= 15 is 0 Å². The van der Waals surface area contributed by atoms with Crippen LogP contribution in [-0.2, 0) is 11.3 Å². The molecule has 2 aromatic rings. The van der Waals surface area contributed by atoms with E-state index in [9.17, 15) is 13.6 Å². The van der Waals surface area contributed by atoms with Crippen LogP contribution in [0.15, 0.2) is 29.8 Å². The molecular weight excluding hydrogens is 356 g/mol. The highest BCUT2D eigenvalue weighted by Gasteiger charge is 2.31. The van der Waals surface area contributed by atoms with Gasteiger partial charge in [-0.25, -0.2) is 13.8 Å². The fraction of sp³-hybridized carbons (Fsp3) is 0.474. The number of thiazole rings is 1. The number of halogens is 2. The van der Waals surface area contributed by atoms with Crippen LogP contribution in [-0.4, -0.2) is 28.9 Å². The Kier molecular flexibility index (Phi) is 6.32. The predicted octanol–water partition coefficient (Wildman–Crippen LogP) is 3.90. The number of benzene rings is 1. The van der Waals surface area contributed by atoms with Gasteiger partial charge in [0.2, 0.25) is 5.91 Å². The molecule has 1 N–H and O–H groups in total. The van der Waals surface area contributed by atoms with Crippen molar-refractivity contribution in [2.24, 2.45) is 5.92 Å². The van der Waals surface area contributed by atoms with Gasteiger partial charge in [-0.15, -0.1) is 11.3 Å². The molecule has 1 aliphatic heterocycles. The Morgan fingerprint density at radius 1 is 1.42 bits per heavy atom. The topological polar surface area (TPSA) is 45.2 Å². The second-order valence-corrected chi connectivity index (χ2v) is 7.58. The number of hydrogen-bond acceptors (Lipinski definition) is 4. The summed E-state index contributed by atoms with van der Waals surface area (Å²) in [7, 11) is 0. The van der Waals surface area contributed by atoms with Gasteiger partial charge in [0.05, 0.1) is 6.04 Å². The van der Waals surface area contributed by atoms with Gasteiger partial charge in [0.1, 0.15) is 5.01 Å². The predicted molar refractivity (Wildman–Crippen MR) is 97.6 cm³/mol. The molecule has 1 aliphatic rings. The van der Waals surface area contributed by atoms with E-state index in [1.807, 2.05) is 12.3 Å². The lowest BCUT2D eigenvalue weighted by molar-refractivity contribution is -0.122. The first kappa shape index (κ1) is 18.9. The molecule has 0 aliphatic carbocycles. The van der Waals surface area contributed by atoms with E-state index in [2.05, 4.69) is 15.2 Å². The molecule has 1 fully saturated rings. The molecule has 26 heavy (non-hydrogen) atoms. The number of carbonyl (C=O) groups excluding carboxylic acids is 1. The second kappa shape index (κ2) is 8.68. The zero-order valence-electron chi connectivity index (χ0n) is 14.8. The van der Waals surface area contributed by atoms with Crippen molar-refractivity contribution in [2.75, 3.05) is 13.1 Å². The highest BCUT2D eigenvalue weighted by molar-refractivity contribution is 7.09. The molecule has 0 bridgehead atoms. The lowest BCUT2D eigenvalue weighted by Crippen LogP contribution is -2.42. The van der Waals surface area contributed by atoms with Crippen molar-refractivity contribution in [3.8, 4) is 0 Å². The van der Waals surface area contributed by atoms with Crippen molar-refractivity contribution in [1.29, 1.82) is 0 Å². The summed E-state index contributed by atoms with van der Waals surface area (Å²) in [5.41, 5.74) is 0.757. The van der Waals surface area contributed by atoms with Crippen LogP contribution in [0.5, 0.6) is 0 Å². The molecule has 3 rings (SSSR count). The Morgan fingerprint density at radius 2 is 2.27 bits per heavy atom. The monoisotopic (exact) mass is 379 g/mol. The van der Waals surface area contributed by atoms with Gasteiger partial charge in [0.25, 0.3) is 0 Å². The number of rotatable bonds is 6. The molecule has 2 heterocycles. The van der Waals surface area contributed by atoms with Gasteiger partial charge in [-0.05, 0) is 43.0 Å². The Hall–Kier alpha value is -1.86. The van der Waals surface area contributed by atoms with Crippen molar-refractivity contribution in [2.45, 2.75) is 38.8 Å². The Bertz CT molecular complexity index is 738. The van der Waals surface area contributed by atoms with Crippen LogP contribution in [0.25, 0.3) is 0 Å². The molecule has 4 nitrogen and oxygen atoms in total. The van der Waals surface area contributed by atoms with Crippen LogP contribution in [0, 0.1) is 17.6 Å². The summed E-state index contributed by atoms with van der Waals surface area (Å²) in [6.45, 7) is 4.10. The van der Waals surface area contributed by atoms with Crippen LogP contribution in [0.2, 0.25) is 0 Å². The average molecular weight is 379 g/mol. The standard InChI is InChI=1S/C19H23F2N3OS/c1-2-17(25)23-18(19-22-7-9-26-19)14-4-3-8-24(12-14)11-13-5-6-15(20)16(21)10-13/h5-7,9-10,14,18H,2-4,8,11-12H2,1H3,(H,23,25)/t14-,18-/m0/s1. The van der Waals surface area contributed by atoms with E-state index in [1.165, 1.54) is 12.1 Å². The molecule has 1 saturated heterocycles. The van der Waals surface area contributed by atoms with Gasteiger partial charge < -0.3 is 5.32 Å². The summed E-state index contributed by atoms with van der Waals surface area (Å²) in [6.07, 6.45) is 4.20. The van der Waals surface area contributed by atoms with E-state index in [1.54, 1.807) is 23.6 Å². The maximum Gasteiger partial charge on any atom is 0.220 e. The molecule has 140 valence electrons. The maximum atomic E-state index is 13.5. The molecule has 7 heteroatoms. The molecule has 0 unspecified atom stereocenters. The number of nitrogens with one attached hydrogen (secondary N) is 1. The normalized spacial score (nSPS) is 19.3. The zero-order valence-corrected chi connectivity index (χ0v) is 15.6. The van der Waals surface area contributed by atoms with Crippen LogP contribution in [0.1, 0.15) is 42.8 Å². The molecular formula is C19H23F2N3OS. The Balaban J connectivity index is 1.70. The average Bonchev–Trinajstić information content (AvgIpc) is 3.17. The minimum atomic E-state index is -0.823. The summed E-state index contributed by atoms with van der Waals surface area (Å²) in [5.74, 6) is -1.37. The summed E-state index contributed by atoms with van der Waals surface area (Å²) in [6, 6.07) is 3.96. The largest absolute Gasteiger partial charge is 0.347 e. The number of likely N-dealkylation sites (tertiary alicyclic amines) is 1. The highest BCUT2D eigenvalue weighted by atomic mass is 32.1. The van der Waals surface area contributed by atoms with Gasteiger partial charge in [-0.1, -0.05) is 13.0 Å². The molecule has 0 radical (unpaired) electrons. The van der Waals surface area contributed by atoms with Crippen LogP contribution >= 0.6 is 11.3 Å². The number of amides is 1. The number of aromatic nitrogens is 1. The van der Waals surface area contributed by atoms with E-state index in [-0.39, 0.29) is 17.9 Å². The fourth-order valence-corrected chi connectivity index (χ4v) is 4.23. The molecule has 1 aromatic carbocycles. The maximum absolute atomic E-state index is 13.5. The van der Waals surface area contributed by atoms with Crippen LogP contribution < -0.4 is 5.32 Å². The first-order valence-corrected chi connectivity index (χ1v) is 9.79. The number of nitrogens with zero attached hydrogens (tertiary/aromatic N) is 2. The van der Waals surface area contributed by atoms with Crippen LogP contribution in [0.4, 0.5) is 8.78 Å². The Morgan fingerprint density at radius 3 is 2.96 bits per heavy atom. The van der Waals surface area contributed by atoms with E-state index in [4.69, 9.17) is 0 Å². The van der Waals surface area contributed by atoms with Crippen molar-refractivity contribution in [3.63, 3.8) is 0 Å². The summed E-state index contributed by atoms with van der Waals surface area (Å²) in [4.78, 5) is 18.6. The third-order valence-electron chi connectivity index (χ3n) is 4.76. The Labute approximate surface area is 156 Å². The van der Waals surface area contributed by atoms with Crippen molar-refractivity contribution in [1.82, 2.24) is 15.2 Å². The van der Waals surface area contributed by atoms with Crippen molar-refractivity contribution < 1.29 is 13.6 Å². The van der Waals surface area contributed by atoms with Gasteiger partial charge in [0.15, 0.2) is 11.6 Å². The third kappa shape index (κ3) is 4.65. The summed E-state index contributed by atoms with van der Waals surface area (Å²) < 4.78 is 26.6. The number of carbonyl (C=O) groups is 1. The second-order valence-electron chi connectivity index (χ2n) is 6.65. The summed E-state index contributed by atoms with van der Waals surface area (Å²) in [5, 5.41) is 5.95. The highest BCUT2D eigenvalue weighted by Crippen LogP contribution is 2.31. The fourth-order valence-electron chi connectivity index (χ4n) is 3.45. The number of piperidine rings is 1. The van der Waals surface area contributed by atoms with Crippen molar-refractivity contribution in [3.05, 3.63) is 52.0 Å².